The summed E-state index contributed by atoms with van der Waals surface area (Å²) in [7, 11) is 0. The van der Waals surface area contributed by atoms with Gasteiger partial charge < -0.3 is 10.6 Å². The molecule has 142 valence electrons. The van der Waals surface area contributed by atoms with Crippen LogP contribution in [0.5, 0.6) is 0 Å². The van der Waals surface area contributed by atoms with Crippen LogP contribution in [0.4, 0.5) is 23.1 Å². The third-order valence-electron chi connectivity index (χ3n) is 5.01. The SMILES string of the molecule is CCc1ccc(Nc2nc3c(c(Nc4ccc(C)cc4)n2)C(=O)CCC3)cc1. The Balaban J connectivity index is 1.69. The van der Waals surface area contributed by atoms with E-state index in [0.717, 1.165) is 36.3 Å². The van der Waals surface area contributed by atoms with Crippen LogP contribution >= 0.6 is 0 Å². The number of nitrogens with one attached hydrogen (secondary N) is 2. The minimum absolute atomic E-state index is 0.106. The Bertz CT molecular complexity index is 994. The lowest BCUT2D eigenvalue weighted by molar-refractivity contribution is 0.0972. The molecule has 5 heteroatoms. The summed E-state index contributed by atoms with van der Waals surface area (Å²) < 4.78 is 0. The normalized spacial score (nSPS) is 13.1. The van der Waals surface area contributed by atoms with Gasteiger partial charge in [-0.25, -0.2) is 4.98 Å². The first-order valence-corrected chi connectivity index (χ1v) is 9.76. The molecule has 1 aromatic heterocycles. The monoisotopic (exact) mass is 372 g/mol. The molecule has 1 heterocycles. The smallest absolute Gasteiger partial charge is 0.229 e. The van der Waals surface area contributed by atoms with Crippen molar-refractivity contribution in [2.45, 2.75) is 39.5 Å². The van der Waals surface area contributed by atoms with Crippen LogP contribution < -0.4 is 10.6 Å². The number of nitrogens with zero attached hydrogens (tertiary/aromatic N) is 2. The van der Waals surface area contributed by atoms with Crippen molar-refractivity contribution in [1.29, 1.82) is 0 Å². The minimum Gasteiger partial charge on any atom is -0.339 e. The first-order chi connectivity index (χ1) is 13.6. The summed E-state index contributed by atoms with van der Waals surface area (Å²) in [5, 5.41) is 6.60. The van der Waals surface area contributed by atoms with E-state index in [0.29, 0.717) is 23.8 Å². The highest BCUT2D eigenvalue weighted by Crippen LogP contribution is 2.30. The number of fused-ring (bicyclic) bond motifs is 1. The highest BCUT2D eigenvalue weighted by molar-refractivity contribution is 6.03. The number of benzene rings is 2. The molecule has 0 saturated carbocycles. The van der Waals surface area contributed by atoms with Gasteiger partial charge in [0.1, 0.15) is 5.82 Å². The summed E-state index contributed by atoms with van der Waals surface area (Å²) in [6, 6.07) is 16.3. The Morgan fingerprint density at radius 3 is 2.29 bits per heavy atom. The maximum atomic E-state index is 12.6. The predicted octanol–water partition coefficient (Wildman–Crippen LogP) is 5.35. The van der Waals surface area contributed by atoms with Gasteiger partial charge in [-0.15, -0.1) is 0 Å². The summed E-state index contributed by atoms with van der Waals surface area (Å²) in [5.74, 6) is 1.19. The van der Waals surface area contributed by atoms with Gasteiger partial charge in [0.15, 0.2) is 5.78 Å². The first-order valence-electron chi connectivity index (χ1n) is 9.76. The number of carbonyl (C=O) groups is 1. The summed E-state index contributed by atoms with van der Waals surface area (Å²) >= 11 is 0. The molecule has 28 heavy (non-hydrogen) atoms. The van der Waals surface area contributed by atoms with E-state index in [1.807, 2.05) is 43.3 Å². The van der Waals surface area contributed by atoms with Gasteiger partial charge in [-0.3, -0.25) is 4.79 Å². The van der Waals surface area contributed by atoms with Gasteiger partial charge in [0.05, 0.1) is 11.3 Å². The number of carbonyl (C=O) groups excluding carboxylic acids is 1. The quantitative estimate of drug-likeness (QED) is 0.632. The number of aryl methyl sites for hydroxylation is 3. The van der Waals surface area contributed by atoms with Crippen molar-refractivity contribution in [3.05, 3.63) is 70.9 Å². The molecular weight excluding hydrogens is 348 g/mol. The van der Waals surface area contributed by atoms with Gasteiger partial charge in [0.25, 0.3) is 0 Å². The molecule has 5 nitrogen and oxygen atoms in total. The van der Waals surface area contributed by atoms with Crippen LogP contribution in [0.1, 0.15) is 46.9 Å². The Hall–Kier alpha value is -3.21. The van der Waals surface area contributed by atoms with Crippen molar-refractivity contribution in [1.82, 2.24) is 9.97 Å². The number of rotatable bonds is 5. The molecule has 1 aliphatic carbocycles. The summed E-state index contributed by atoms with van der Waals surface area (Å²) in [4.78, 5) is 21.8. The molecule has 4 rings (SSSR count). The molecule has 2 aromatic carbocycles. The number of ketones is 1. The van der Waals surface area contributed by atoms with E-state index in [9.17, 15) is 4.79 Å². The Labute approximate surface area is 165 Å². The lowest BCUT2D eigenvalue weighted by Crippen LogP contribution is -2.17. The van der Waals surface area contributed by atoms with Gasteiger partial charge >= 0.3 is 0 Å². The summed E-state index contributed by atoms with van der Waals surface area (Å²) in [6.07, 6.45) is 3.17. The zero-order valence-electron chi connectivity index (χ0n) is 16.2. The van der Waals surface area contributed by atoms with E-state index >= 15 is 0 Å². The lowest BCUT2D eigenvalue weighted by atomic mass is 9.95. The number of Topliss-reactive ketones (excluding diaryl/α,β-unsaturated/α-hetero) is 1. The van der Waals surface area contributed by atoms with Crippen LogP contribution in [0.25, 0.3) is 0 Å². The predicted molar refractivity (Wildman–Crippen MR) is 113 cm³/mol. The van der Waals surface area contributed by atoms with Crippen LogP contribution in [0.2, 0.25) is 0 Å². The molecule has 0 bridgehead atoms. The van der Waals surface area contributed by atoms with Crippen LogP contribution in [-0.4, -0.2) is 15.8 Å². The summed E-state index contributed by atoms with van der Waals surface area (Å²) in [6.45, 7) is 4.18. The third-order valence-corrected chi connectivity index (χ3v) is 5.01. The van der Waals surface area contributed by atoms with Crippen LogP contribution in [0.3, 0.4) is 0 Å². The molecule has 0 atom stereocenters. The zero-order valence-corrected chi connectivity index (χ0v) is 16.2. The second-order valence-electron chi connectivity index (χ2n) is 7.16. The fraction of sp³-hybridized carbons (Fsp3) is 0.261. The molecule has 0 saturated heterocycles. The standard InChI is InChI=1S/C23H24N4O/c1-3-16-9-13-18(14-10-16)25-23-26-19-5-4-6-20(28)21(19)22(27-23)24-17-11-7-15(2)8-12-17/h7-14H,3-6H2,1-2H3,(H2,24,25,26,27). The zero-order chi connectivity index (χ0) is 19.5. The second kappa shape index (κ2) is 7.80. The van der Waals surface area contributed by atoms with Crippen molar-refractivity contribution in [3.63, 3.8) is 0 Å². The number of anilines is 4. The van der Waals surface area contributed by atoms with E-state index in [1.165, 1.54) is 11.1 Å². The molecule has 0 aliphatic heterocycles. The van der Waals surface area contributed by atoms with E-state index in [-0.39, 0.29) is 5.78 Å². The molecule has 3 aromatic rings. The number of hydrogen-bond donors (Lipinski definition) is 2. The van der Waals surface area contributed by atoms with Gasteiger partial charge in [0.2, 0.25) is 5.95 Å². The highest BCUT2D eigenvalue weighted by atomic mass is 16.1. The second-order valence-corrected chi connectivity index (χ2v) is 7.16. The van der Waals surface area contributed by atoms with Crippen molar-refractivity contribution < 1.29 is 4.79 Å². The average Bonchev–Trinajstić information content (AvgIpc) is 2.70. The Kier molecular flexibility index (Phi) is 5.06. The largest absolute Gasteiger partial charge is 0.339 e. The van der Waals surface area contributed by atoms with Crippen molar-refractivity contribution in [3.8, 4) is 0 Å². The number of aromatic nitrogens is 2. The van der Waals surface area contributed by atoms with E-state index in [2.05, 4.69) is 39.7 Å². The van der Waals surface area contributed by atoms with Crippen molar-refractivity contribution in [2.75, 3.05) is 10.6 Å². The molecule has 0 unspecified atom stereocenters. The lowest BCUT2D eigenvalue weighted by Gasteiger charge is -2.19. The fourth-order valence-electron chi connectivity index (χ4n) is 3.40. The third kappa shape index (κ3) is 3.88. The maximum Gasteiger partial charge on any atom is 0.229 e. The molecule has 1 aliphatic rings. The molecule has 0 spiro atoms. The van der Waals surface area contributed by atoms with Crippen LogP contribution in [-0.2, 0) is 12.8 Å². The van der Waals surface area contributed by atoms with Gasteiger partial charge in [-0.2, -0.15) is 4.98 Å². The maximum absolute atomic E-state index is 12.6. The van der Waals surface area contributed by atoms with Gasteiger partial charge in [0, 0.05) is 17.8 Å². The Morgan fingerprint density at radius 1 is 0.893 bits per heavy atom. The fourth-order valence-corrected chi connectivity index (χ4v) is 3.40. The van der Waals surface area contributed by atoms with Gasteiger partial charge in [-0.05, 0) is 56.0 Å². The molecule has 0 amide bonds. The molecule has 0 radical (unpaired) electrons. The molecule has 2 N–H and O–H groups in total. The average molecular weight is 372 g/mol. The minimum atomic E-state index is 0.106. The Morgan fingerprint density at radius 2 is 1.57 bits per heavy atom. The topological polar surface area (TPSA) is 66.9 Å². The molecule has 0 fully saturated rings. The molecular formula is C23H24N4O. The van der Waals surface area contributed by atoms with E-state index < -0.39 is 0 Å². The van der Waals surface area contributed by atoms with Crippen molar-refractivity contribution in [2.24, 2.45) is 0 Å². The van der Waals surface area contributed by atoms with Gasteiger partial charge in [-0.1, -0.05) is 36.8 Å². The van der Waals surface area contributed by atoms with Crippen molar-refractivity contribution >= 4 is 28.9 Å². The van der Waals surface area contributed by atoms with E-state index in [4.69, 9.17) is 0 Å². The highest BCUT2D eigenvalue weighted by Gasteiger charge is 2.24. The van der Waals surface area contributed by atoms with E-state index in [1.54, 1.807) is 0 Å². The van der Waals surface area contributed by atoms with Crippen LogP contribution in [0, 0.1) is 6.92 Å². The van der Waals surface area contributed by atoms with Crippen LogP contribution in [0.15, 0.2) is 48.5 Å². The first kappa shape index (κ1) is 18.2. The summed E-state index contributed by atoms with van der Waals surface area (Å²) in [5.41, 5.74) is 5.74. The number of hydrogen-bond acceptors (Lipinski definition) is 5.